The van der Waals surface area contributed by atoms with E-state index in [0.717, 1.165) is 59.6 Å². The minimum Gasteiger partial charge on any atom is -0.384 e. The van der Waals surface area contributed by atoms with Crippen LogP contribution in [0.15, 0.2) is 133 Å². The third kappa shape index (κ3) is 7.83. The second-order valence-electron chi connectivity index (χ2n) is 11.9. The first-order valence-corrected chi connectivity index (χ1v) is 16.0. The summed E-state index contributed by atoms with van der Waals surface area (Å²) < 4.78 is 2.10. The smallest absolute Gasteiger partial charge is 0.258 e. The van der Waals surface area contributed by atoms with E-state index in [4.69, 9.17) is 16.1 Å². The molecule has 0 fully saturated rings. The number of nitrogens with zero attached hydrogens (tertiary/aromatic N) is 4. The van der Waals surface area contributed by atoms with Gasteiger partial charge in [-0.2, -0.15) is 0 Å². The van der Waals surface area contributed by atoms with Gasteiger partial charge >= 0.3 is 0 Å². The number of nitrogen functional groups attached to an aromatic ring is 1. The van der Waals surface area contributed by atoms with Crippen LogP contribution in [-0.4, -0.2) is 39.3 Å². The SMILES string of the molecule is Cn1c(CCc2ccc(C(=N)N)cc2)nc2cc(C(=O)N(CCN(Cc3ccccc3)Cc3ccccc3)c3ccccc3)ccc21. The molecule has 0 radical (unpaired) electrons. The Morgan fingerprint density at radius 1 is 0.702 bits per heavy atom. The maximum Gasteiger partial charge on any atom is 0.258 e. The lowest BCUT2D eigenvalue weighted by molar-refractivity contribution is 0.0983. The zero-order valence-corrected chi connectivity index (χ0v) is 26.7. The fourth-order valence-electron chi connectivity index (χ4n) is 5.96. The van der Waals surface area contributed by atoms with Crippen molar-refractivity contribution in [1.82, 2.24) is 14.5 Å². The molecule has 0 bridgehead atoms. The van der Waals surface area contributed by atoms with Crippen molar-refractivity contribution in [2.24, 2.45) is 12.8 Å². The van der Waals surface area contributed by atoms with Crippen LogP contribution in [0.25, 0.3) is 11.0 Å². The van der Waals surface area contributed by atoms with Gasteiger partial charge in [-0.05, 0) is 53.4 Å². The number of amides is 1. The molecule has 0 saturated heterocycles. The number of anilines is 1. The van der Waals surface area contributed by atoms with Crippen molar-refractivity contribution < 1.29 is 4.79 Å². The number of aryl methyl sites for hydroxylation is 3. The van der Waals surface area contributed by atoms with Crippen LogP contribution in [0.1, 0.15) is 38.4 Å². The number of benzene rings is 5. The van der Waals surface area contributed by atoms with E-state index in [1.807, 2.05) is 96.9 Å². The summed E-state index contributed by atoms with van der Waals surface area (Å²) in [7, 11) is 2.02. The van der Waals surface area contributed by atoms with E-state index in [-0.39, 0.29) is 11.7 Å². The Labute approximate surface area is 276 Å². The van der Waals surface area contributed by atoms with Gasteiger partial charge in [0.15, 0.2) is 0 Å². The van der Waals surface area contributed by atoms with Crippen LogP contribution in [0.2, 0.25) is 0 Å². The quantitative estimate of drug-likeness (QED) is 0.108. The Balaban J connectivity index is 1.21. The third-order valence-corrected chi connectivity index (χ3v) is 8.57. The number of rotatable bonds is 13. The standard InChI is InChI=1S/C40H40N6O/c1-44-37-23-22-34(27-36(37)43-38(44)24-19-30-17-20-33(21-18-30)39(41)42)40(47)46(35-15-9-4-10-16-35)26-25-45(28-31-11-5-2-6-12-31)29-32-13-7-3-8-14-32/h2-18,20-23,27H,19,24-26,28-29H2,1H3,(H3,41,42). The molecule has 0 saturated carbocycles. The van der Waals surface area contributed by atoms with Crippen LogP contribution in [-0.2, 0) is 33.0 Å². The number of nitrogens with two attached hydrogens (primary N) is 1. The molecule has 0 aliphatic heterocycles. The molecule has 7 nitrogen and oxygen atoms in total. The molecular weight excluding hydrogens is 580 g/mol. The van der Waals surface area contributed by atoms with Crippen LogP contribution >= 0.6 is 0 Å². The van der Waals surface area contributed by atoms with Crippen molar-refractivity contribution in [3.05, 3.63) is 167 Å². The van der Waals surface area contributed by atoms with Gasteiger partial charge < -0.3 is 15.2 Å². The number of amidine groups is 1. The fraction of sp³-hybridized carbons (Fsp3) is 0.175. The minimum absolute atomic E-state index is 0.0461. The van der Waals surface area contributed by atoms with Crippen molar-refractivity contribution in [2.75, 3.05) is 18.0 Å². The Kier molecular flexibility index (Phi) is 9.84. The summed E-state index contributed by atoms with van der Waals surface area (Å²) in [4.78, 5) is 23.5. The Morgan fingerprint density at radius 3 is 1.87 bits per heavy atom. The van der Waals surface area contributed by atoms with Crippen molar-refractivity contribution in [3.8, 4) is 0 Å². The lowest BCUT2D eigenvalue weighted by Gasteiger charge is -2.28. The Hall–Kier alpha value is -5.53. The zero-order valence-electron chi connectivity index (χ0n) is 26.7. The lowest BCUT2D eigenvalue weighted by atomic mass is 10.1. The average molecular weight is 621 g/mol. The van der Waals surface area contributed by atoms with Gasteiger partial charge in [0.2, 0.25) is 0 Å². The first-order valence-electron chi connectivity index (χ1n) is 16.0. The molecule has 1 amide bonds. The summed E-state index contributed by atoms with van der Waals surface area (Å²) >= 11 is 0. The second-order valence-corrected chi connectivity index (χ2v) is 11.9. The molecule has 0 aliphatic rings. The van der Waals surface area contributed by atoms with Gasteiger partial charge in [0, 0.05) is 56.5 Å². The first-order chi connectivity index (χ1) is 22.9. The van der Waals surface area contributed by atoms with E-state index in [2.05, 4.69) is 58.0 Å². The molecule has 3 N–H and O–H groups in total. The maximum atomic E-state index is 14.2. The fourth-order valence-corrected chi connectivity index (χ4v) is 5.96. The Morgan fingerprint density at radius 2 is 1.28 bits per heavy atom. The van der Waals surface area contributed by atoms with Gasteiger partial charge in [-0.15, -0.1) is 0 Å². The molecule has 1 aromatic heterocycles. The van der Waals surface area contributed by atoms with Gasteiger partial charge in [0.25, 0.3) is 5.91 Å². The molecule has 236 valence electrons. The molecule has 0 unspecified atom stereocenters. The number of nitrogens with one attached hydrogen (secondary N) is 1. The molecule has 5 aromatic carbocycles. The van der Waals surface area contributed by atoms with Gasteiger partial charge in [-0.3, -0.25) is 15.1 Å². The van der Waals surface area contributed by atoms with Gasteiger partial charge in [-0.1, -0.05) is 103 Å². The topological polar surface area (TPSA) is 91.2 Å². The molecule has 0 spiro atoms. The number of hydrogen-bond donors (Lipinski definition) is 2. The third-order valence-electron chi connectivity index (χ3n) is 8.57. The highest BCUT2D eigenvalue weighted by Crippen LogP contribution is 2.23. The zero-order chi connectivity index (χ0) is 32.6. The van der Waals surface area contributed by atoms with Gasteiger partial charge in [0.1, 0.15) is 11.7 Å². The van der Waals surface area contributed by atoms with E-state index in [1.165, 1.54) is 11.1 Å². The lowest BCUT2D eigenvalue weighted by Crippen LogP contribution is -2.38. The largest absolute Gasteiger partial charge is 0.384 e. The monoisotopic (exact) mass is 620 g/mol. The van der Waals surface area contributed by atoms with E-state index in [0.29, 0.717) is 18.7 Å². The number of imidazole rings is 1. The van der Waals surface area contributed by atoms with E-state index in [1.54, 1.807) is 0 Å². The van der Waals surface area contributed by atoms with E-state index >= 15 is 0 Å². The number of fused-ring (bicyclic) bond motifs is 1. The van der Waals surface area contributed by atoms with Crippen LogP contribution in [0.5, 0.6) is 0 Å². The summed E-state index contributed by atoms with van der Waals surface area (Å²) in [6, 6.07) is 44.5. The van der Waals surface area contributed by atoms with Crippen molar-refractivity contribution in [2.45, 2.75) is 25.9 Å². The minimum atomic E-state index is -0.0461. The average Bonchev–Trinajstić information content (AvgIpc) is 3.43. The normalized spacial score (nSPS) is 11.2. The predicted molar refractivity (Wildman–Crippen MR) is 191 cm³/mol. The number of hydrogen-bond acceptors (Lipinski definition) is 4. The van der Waals surface area contributed by atoms with E-state index < -0.39 is 0 Å². The van der Waals surface area contributed by atoms with Crippen LogP contribution in [0.3, 0.4) is 0 Å². The second kappa shape index (κ2) is 14.7. The summed E-state index contributed by atoms with van der Waals surface area (Å²) in [5.41, 5.74) is 13.2. The molecule has 0 aliphatic carbocycles. The molecule has 47 heavy (non-hydrogen) atoms. The molecule has 7 heteroatoms. The van der Waals surface area contributed by atoms with Crippen LogP contribution in [0, 0.1) is 5.41 Å². The molecule has 6 aromatic rings. The summed E-state index contributed by atoms with van der Waals surface area (Å²) in [6.45, 7) is 2.82. The molecule has 0 atom stereocenters. The number of para-hydroxylation sites is 1. The highest BCUT2D eigenvalue weighted by Gasteiger charge is 2.21. The highest BCUT2D eigenvalue weighted by molar-refractivity contribution is 6.07. The van der Waals surface area contributed by atoms with Crippen molar-refractivity contribution >= 4 is 28.5 Å². The molecule has 1 heterocycles. The van der Waals surface area contributed by atoms with E-state index in [9.17, 15) is 4.79 Å². The summed E-state index contributed by atoms with van der Waals surface area (Å²) in [5, 5.41) is 7.62. The first kappa shape index (κ1) is 31.5. The number of carbonyl (C=O) groups is 1. The maximum absolute atomic E-state index is 14.2. The summed E-state index contributed by atoms with van der Waals surface area (Å²) in [6.07, 6.45) is 1.56. The predicted octanol–water partition coefficient (Wildman–Crippen LogP) is 6.99. The summed E-state index contributed by atoms with van der Waals surface area (Å²) in [5.74, 6) is 0.979. The number of carbonyl (C=O) groups excluding carboxylic acids is 1. The molecule has 6 rings (SSSR count). The Bertz CT molecular complexity index is 1890. The van der Waals surface area contributed by atoms with Gasteiger partial charge in [-0.25, -0.2) is 4.98 Å². The number of aromatic nitrogens is 2. The highest BCUT2D eigenvalue weighted by atomic mass is 16.2. The molecular formula is C40H40N6O. The van der Waals surface area contributed by atoms with Crippen LogP contribution < -0.4 is 10.6 Å². The van der Waals surface area contributed by atoms with Crippen molar-refractivity contribution in [1.29, 1.82) is 5.41 Å². The van der Waals surface area contributed by atoms with Crippen molar-refractivity contribution in [3.63, 3.8) is 0 Å². The van der Waals surface area contributed by atoms with Crippen LogP contribution in [0.4, 0.5) is 5.69 Å². The van der Waals surface area contributed by atoms with Gasteiger partial charge in [0.05, 0.1) is 11.0 Å².